The second-order valence-corrected chi connectivity index (χ2v) is 5.63. The maximum Gasteiger partial charge on any atom is 0.358 e. The van der Waals surface area contributed by atoms with Crippen LogP contribution in [0.5, 0.6) is 0 Å². The second kappa shape index (κ2) is 6.28. The van der Waals surface area contributed by atoms with Gasteiger partial charge in [-0.05, 0) is 31.2 Å². The van der Waals surface area contributed by atoms with Crippen molar-refractivity contribution in [1.29, 1.82) is 0 Å². The molecular formula is C20H17N3O2. The number of hydrogen-bond donors (Lipinski definition) is 1. The molecule has 2 heterocycles. The van der Waals surface area contributed by atoms with Crippen LogP contribution in [0.15, 0.2) is 66.9 Å². The molecule has 0 saturated carbocycles. The van der Waals surface area contributed by atoms with Gasteiger partial charge in [0.05, 0.1) is 18.0 Å². The lowest BCUT2D eigenvalue weighted by molar-refractivity contribution is 0.0519. The number of aromatic nitrogens is 3. The van der Waals surface area contributed by atoms with Crippen LogP contribution in [0.1, 0.15) is 17.4 Å². The summed E-state index contributed by atoms with van der Waals surface area (Å²) in [6, 6.07) is 19.6. The van der Waals surface area contributed by atoms with E-state index in [0.717, 1.165) is 27.8 Å². The van der Waals surface area contributed by atoms with Crippen molar-refractivity contribution in [2.24, 2.45) is 0 Å². The molecule has 0 bridgehead atoms. The highest BCUT2D eigenvalue weighted by atomic mass is 16.5. The molecule has 5 heteroatoms. The van der Waals surface area contributed by atoms with E-state index in [2.05, 4.69) is 10.1 Å². The number of nitrogens with one attached hydrogen (secondary N) is 1. The van der Waals surface area contributed by atoms with Crippen molar-refractivity contribution in [3.63, 3.8) is 0 Å². The Morgan fingerprint density at radius 3 is 2.68 bits per heavy atom. The van der Waals surface area contributed by atoms with Crippen LogP contribution in [0, 0.1) is 0 Å². The van der Waals surface area contributed by atoms with E-state index in [0.29, 0.717) is 12.3 Å². The molecule has 0 aliphatic heterocycles. The lowest BCUT2D eigenvalue weighted by Crippen LogP contribution is -2.06. The van der Waals surface area contributed by atoms with E-state index in [1.54, 1.807) is 17.7 Å². The first-order chi connectivity index (χ1) is 12.3. The van der Waals surface area contributed by atoms with Gasteiger partial charge in [0, 0.05) is 22.7 Å². The Morgan fingerprint density at radius 2 is 1.88 bits per heavy atom. The first kappa shape index (κ1) is 15.2. The van der Waals surface area contributed by atoms with Crippen LogP contribution in [0.3, 0.4) is 0 Å². The Kier molecular flexibility index (Phi) is 3.82. The van der Waals surface area contributed by atoms with Gasteiger partial charge >= 0.3 is 5.97 Å². The topological polar surface area (TPSA) is 59.9 Å². The molecule has 0 aliphatic rings. The zero-order valence-electron chi connectivity index (χ0n) is 13.8. The smallest absolute Gasteiger partial charge is 0.358 e. The van der Waals surface area contributed by atoms with E-state index < -0.39 is 5.97 Å². The fourth-order valence-electron chi connectivity index (χ4n) is 2.93. The lowest BCUT2D eigenvalue weighted by atomic mass is 10.1. The third kappa shape index (κ3) is 2.70. The number of aromatic amines is 1. The van der Waals surface area contributed by atoms with Gasteiger partial charge in [0.1, 0.15) is 0 Å². The molecule has 0 saturated heterocycles. The number of fused-ring (bicyclic) bond motifs is 1. The van der Waals surface area contributed by atoms with Crippen molar-refractivity contribution in [1.82, 2.24) is 14.8 Å². The highest BCUT2D eigenvalue weighted by Crippen LogP contribution is 2.31. The number of ether oxygens (including phenoxy) is 1. The van der Waals surface area contributed by atoms with E-state index in [-0.39, 0.29) is 0 Å². The predicted molar refractivity (Wildman–Crippen MR) is 96.8 cm³/mol. The number of rotatable bonds is 4. The number of carbonyl (C=O) groups excluding carboxylic acids is 1. The van der Waals surface area contributed by atoms with E-state index in [4.69, 9.17) is 4.74 Å². The fraction of sp³-hybridized carbons (Fsp3) is 0.100. The number of esters is 1. The molecular weight excluding hydrogens is 314 g/mol. The van der Waals surface area contributed by atoms with Crippen LogP contribution >= 0.6 is 0 Å². The number of benzene rings is 2. The molecule has 5 nitrogen and oxygen atoms in total. The summed E-state index contributed by atoms with van der Waals surface area (Å²) in [7, 11) is 0. The number of para-hydroxylation sites is 2. The molecule has 25 heavy (non-hydrogen) atoms. The Hall–Kier alpha value is -3.34. The van der Waals surface area contributed by atoms with Crippen LogP contribution < -0.4 is 0 Å². The molecule has 0 unspecified atom stereocenters. The van der Waals surface area contributed by atoms with Gasteiger partial charge in [-0.25, -0.2) is 9.48 Å². The normalized spacial score (nSPS) is 10.9. The average molecular weight is 331 g/mol. The monoisotopic (exact) mass is 331 g/mol. The zero-order chi connectivity index (χ0) is 17.2. The maximum atomic E-state index is 12.2. The van der Waals surface area contributed by atoms with Crippen molar-refractivity contribution in [2.75, 3.05) is 6.61 Å². The van der Waals surface area contributed by atoms with Gasteiger partial charge in [-0.3, -0.25) is 0 Å². The third-order valence-corrected chi connectivity index (χ3v) is 4.06. The Morgan fingerprint density at radius 1 is 1.12 bits per heavy atom. The summed E-state index contributed by atoms with van der Waals surface area (Å²) >= 11 is 0. The van der Waals surface area contributed by atoms with Crippen LogP contribution in [0.4, 0.5) is 0 Å². The molecule has 0 atom stereocenters. The summed E-state index contributed by atoms with van der Waals surface area (Å²) < 4.78 is 6.89. The Labute approximate surface area is 144 Å². The minimum Gasteiger partial charge on any atom is -0.461 e. The maximum absolute atomic E-state index is 12.2. The number of hydrogen-bond acceptors (Lipinski definition) is 3. The SMILES string of the molecule is CCOC(=O)c1cc(-c2c[nH]c3ccccc23)n(-c2ccccc2)n1. The molecule has 0 aliphatic carbocycles. The fourth-order valence-corrected chi connectivity index (χ4v) is 2.93. The highest BCUT2D eigenvalue weighted by molar-refractivity contribution is 5.96. The summed E-state index contributed by atoms with van der Waals surface area (Å²) in [4.78, 5) is 15.4. The first-order valence-corrected chi connectivity index (χ1v) is 8.17. The summed E-state index contributed by atoms with van der Waals surface area (Å²) in [6.45, 7) is 2.10. The van der Waals surface area contributed by atoms with Crippen molar-refractivity contribution < 1.29 is 9.53 Å². The molecule has 4 aromatic rings. The summed E-state index contributed by atoms with van der Waals surface area (Å²) in [5.74, 6) is -0.418. The zero-order valence-corrected chi connectivity index (χ0v) is 13.8. The number of H-pyrrole nitrogens is 1. The molecule has 4 rings (SSSR count). The van der Waals surface area contributed by atoms with Gasteiger partial charge in [0.25, 0.3) is 0 Å². The third-order valence-electron chi connectivity index (χ3n) is 4.06. The Bertz CT molecular complexity index is 1030. The quantitative estimate of drug-likeness (QED) is 0.570. The lowest BCUT2D eigenvalue weighted by Gasteiger charge is -2.06. The van der Waals surface area contributed by atoms with Crippen molar-refractivity contribution in [2.45, 2.75) is 6.92 Å². The molecule has 1 N–H and O–H groups in total. The van der Waals surface area contributed by atoms with Gasteiger partial charge in [-0.15, -0.1) is 0 Å². The molecule has 2 aromatic carbocycles. The van der Waals surface area contributed by atoms with Gasteiger partial charge in [0.2, 0.25) is 0 Å². The van der Waals surface area contributed by atoms with Crippen molar-refractivity contribution >= 4 is 16.9 Å². The average Bonchev–Trinajstić information content (AvgIpc) is 3.27. The van der Waals surface area contributed by atoms with Crippen LogP contribution in [0.2, 0.25) is 0 Å². The molecule has 124 valence electrons. The van der Waals surface area contributed by atoms with E-state index in [1.165, 1.54) is 0 Å². The highest BCUT2D eigenvalue weighted by Gasteiger charge is 2.19. The molecule has 0 radical (unpaired) electrons. The molecule has 0 fully saturated rings. The first-order valence-electron chi connectivity index (χ1n) is 8.17. The van der Waals surface area contributed by atoms with E-state index in [9.17, 15) is 4.79 Å². The second-order valence-electron chi connectivity index (χ2n) is 5.63. The molecule has 0 amide bonds. The van der Waals surface area contributed by atoms with Crippen molar-refractivity contribution in [3.8, 4) is 16.9 Å². The minimum atomic E-state index is -0.418. The molecule has 2 aromatic heterocycles. The van der Waals surface area contributed by atoms with Gasteiger partial charge in [-0.2, -0.15) is 5.10 Å². The summed E-state index contributed by atoms with van der Waals surface area (Å²) in [6.07, 6.45) is 1.94. The van der Waals surface area contributed by atoms with E-state index in [1.807, 2.05) is 60.8 Å². The van der Waals surface area contributed by atoms with Gasteiger partial charge in [-0.1, -0.05) is 36.4 Å². The van der Waals surface area contributed by atoms with E-state index >= 15 is 0 Å². The number of carbonyl (C=O) groups is 1. The van der Waals surface area contributed by atoms with Crippen LogP contribution in [-0.4, -0.2) is 27.3 Å². The number of nitrogens with zero attached hydrogens (tertiary/aromatic N) is 2. The summed E-state index contributed by atoms with van der Waals surface area (Å²) in [5.41, 5.74) is 4.05. The molecule has 0 spiro atoms. The van der Waals surface area contributed by atoms with Crippen LogP contribution in [-0.2, 0) is 4.74 Å². The van der Waals surface area contributed by atoms with Crippen LogP contribution in [0.25, 0.3) is 27.8 Å². The standard InChI is InChI=1S/C20H17N3O2/c1-2-25-20(24)18-12-19(23(22-18)14-8-4-3-5-9-14)16-13-21-17-11-7-6-10-15(16)17/h3-13,21H,2H2,1H3. The Balaban J connectivity index is 1.92. The minimum absolute atomic E-state index is 0.297. The summed E-state index contributed by atoms with van der Waals surface area (Å²) in [5, 5.41) is 5.57. The largest absolute Gasteiger partial charge is 0.461 e. The van der Waals surface area contributed by atoms with Crippen molar-refractivity contribution in [3.05, 3.63) is 72.6 Å². The predicted octanol–water partition coefficient (Wildman–Crippen LogP) is 4.20. The van der Waals surface area contributed by atoms with Gasteiger partial charge < -0.3 is 9.72 Å². The van der Waals surface area contributed by atoms with Gasteiger partial charge in [0.15, 0.2) is 5.69 Å².